The third-order valence-electron chi connectivity index (χ3n) is 5.43. The van der Waals surface area contributed by atoms with Crippen LogP contribution in [-0.2, 0) is 13.1 Å². The number of aromatic hydroxyl groups is 2. The Morgan fingerprint density at radius 1 is 0.750 bits per heavy atom. The number of allylic oxidation sites excluding steroid dienone is 3. The second-order valence-corrected chi connectivity index (χ2v) is 7.70. The Labute approximate surface area is 188 Å². The van der Waals surface area contributed by atoms with Crippen LogP contribution in [0.4, 0.5) is 0 Å². The second-order valence-electron chi connectivity index (χ2n) is 7.70. The minimum Gasteiger partial charge on any atom is -0.508 e. The molecule has 4 rings (SSSR count). The predicted molar refractivity (Wildman–Crippen MR) is 131 cm³/mol. The van der Waals surface area contributed by atoms with Gasteiger partial charge in [0.25, 0.3) is 0 Å². The molecule has 0 bridgehead atoms. The van der Waals surface area contributed by atoms with Crippen molar-refractivity contribution in [1.82, 2.24) is 0 Å². The van der Waals surface area contributed by atoms with Gasteiger partial charge in [-0.2, -0.15) is 0 Å². The van der Waals surface area contributed by atoms with Crippen LogP contribution in [0.2, 0.25) is 0 Å². The van der Waals surface area contributed by atoms with Crippen LogP contribution in [0.3, 0.4) is 0 Å². The lowest BCUT2D eigenvalue weighted by atomic mass is 9.91. The average molecular weight is 423 g/mol. The van der Waals surface area contributed by atoms with E-state index in [1.807, 2.05) is 54.6 Å². The highest BCUT2D eigenvalue weighted by atomic mass is 16.3. The molecule has 0 saturated heterocycles. The van der Waals surface area contributed by atoms with E-state index >= 15 is 0 Å². The lowest BCUT2D eigenvalue weighted by Crippen LogP contribution is -2.20. The molecule has 1 atom stereocenters. The summed E-state index contributed by atoms with van der Waals surface area (Å²) in [5, 5.41) is 20.1. The molecular weight excluding hydrogens is 396 g/mol. The number of para-hydroxylation sites is 2. The summed E-state index contributed by atoms with van der Waals surface area (Å²) in [7, 11) is 0. The van der Waals surface area contributed by atoms with Crippen LogP contribution in [0.15, 0.2) is 107 Å². The summed E-state index contributed by atoms with van der Waals surface area (Å²) in [4.78, 5) is 9.56. The summed E-state index contributed by atoms with van der Waals surface area (Å²) in [5.41, 5.74) is 4.66. The molecule has 1 aliphatic carbocycles. The Kier molecular flexibility index (Phi) is 6.93. The van der Waals surface area contributed by atoms with E-state index in [0.717, 1.165) is 28.1 Å². The standard InChI is InChI=1S/C28H26N2O2/c31-27-12-6-4-10-23(27)19-29-25-17-16-22(15-14-21-8-2-1-3-9-21)26(18-25)30-20-24-11-5-7-13-28(24)32/h1-17,22,31-32H,18-20H2. The normalized spacial score (nSPS) is 18.6. The highest BCUT2D eigenvalue weighted by Gasteiger charge is 2.17. The van der Waals surface area contributed by atoms with Gasteiger partial charge in [-0.3, -0.25) is 9.98 Å². The van der Waals surface area contributed by atoms with Crippen LogP contribution in [0.25, 0.3) is 6.08 Å². The van der Waals surface area contributed by atoms with Crippen molar-refractivity contribution in [3.05, 3.63) is 114 Å². The van der Waals surface area contributed by atoms with Gasteiger partial charge in [-0.05, 0) is 23.8 Å². The Bertz CT molecular complexity index is 1180. The van der Waals surface area contributed by atoms with Crippen molar-refractivity contribution in [3.63, 3.8) is 0 Å². The molecule has 4 nitrogen and oxygen atoms in total. The lowest BCUT2D eigenvalue weighted by molar-refractivity contribution is 0.468. The highest BCUT2D eigenvalue weighted by Crippen LogP contribution is 2.22. The highest BCUT2D eigenvalue weighted by molar-refractivity contribution is 6.14. The summed E-state index contributed by atoms with van der Waals surface area (Å²) in [6.07, 6.45) is 9.03. The third kappa shape index (κ3) is 5.61. The molecule has 1 aliphatic rings. The van der Waals surface area contributed by atoms with E-state index in [4.69, 9.17) is 9.98 Å². The van der Waals surface area contributed by atoms with E-state index < -0.39 is 0 Å². The fraction of sp³-hybridized carbons (Fsp3) is 0.143. The molecule has 32 heavy (non-hydrogen) atoms. The van der Waals surface area contributed by atoms with E-state index in [9.17, 15) is 10.2 Å². The summed E-state index contributed by atoms with van der Waals surface area (Å²) in [6, 6.07) is 24.7. The molecule has 3 aromatic rings. The smallest absolute Gasteiger partial charge is 0.120 e. The molecule has 0 saturated carbocycles. The molecule has 3 aromatic carbocycles. The van der Waals surface area contributed by atoms with Crippen molar-refractivity contribution in [2.75, 3.05) is 0 Å². The monoisotopic (exact) mass is 422 g/mol. The van der Waals surface area contributed by atoms with Crippen LogP contribution in [0.1, 0.15) is 23.1 Å². The van der Waals surface area contributed by atoms with Crippen LogP contribution >= 0.6 is 0 Å². The predicted octanol–water partition coefficient (Wildman–Crippen LogP) is 5.97. The van der Waals surface area contributed by atoms with Crippen molar-refractivity contribution < 1.29 is 10.2 Å². The maximum atomic E-state index is 10.1. The molecule has 1 unspecified atom stereocenters. The van der Waals surface area contributed by atoms with Crippen LogP contribution < -0.4 is 0 Å². The zero-order chi connectivity index (χ0) is 22.2. The Hall–Kier alpha value is -3.92. The van der Waals surface area contributed by atoms with Crippen LogP contribution in [-0.4, -0.2) is 21.6 Å². The lowest BCUT2D eigenvalue weighted by Gasteiger charge is -2.18. The zero-order valence-electron chi connectivity index (χ0n) is 17.8. The summed E-state index contributed by atoms with van der Waals surface area (Å²) in [6.45, 7) is 0.835. The van der Waals surface area contributed by atoms with Crippen molar-refractivity contribution in [2.24, 2.45) is 15.9 Å². The molecule has 0 heterocycles. The SMILES string of the molecule is Oc1ccccc1CN=C1C=CC(C=Cc2ccccc2)C(=NCc2ccccc2O)C1. The van der Waals surface area contributed by atoms with Gasteiger partial charge in [-0.25, -0.2) is 0 Å². The van der Waals surface area contributed by atoms with Crippen molar-refractivity contribution in [3.8, 4) is 11.5 Å². The van der Waals surface area contributed by atoms with E-state index in [-0.39, 0.29) is 17.4 Å². The second kappa shape index (κ2) is 10.4. The first-order valence-electron chi connectivity index (χ1n) is 10.7. The molecule has 0 amide bonds. The number of aliphatic imine (C=N–C) groups is 2. The molecule has 2 N–H and O–H groups in total. The number of rotatable bonds is 6. The molecule has 0 radical (unpaired) electrons. The van der Waals surface area contributed by atoms with Crippen molar-refractivity contribution in [1.29, 1.82) is 0 Å². The van der Waals surface area contributed by atoms with Gasteiger partial charge < -0.3 is 10.2 Å². The molecule has 0 fully saturated rings. The first-order chi connectivity index (χ1) is 15.7. The van der Waals surface area contributed by atoms with Crippen molar-refractivity contribution in [2.45, 2.75) is 19.5 Å². The number of hydrogen-bond acceptors (Lipinski definition) is 4. The Morgan fingerprint density at radius 2 is 1.34 bits per heavy atom. The topological polar surface area (TPSA) is 65.2 Å². The molecule has 160 valence electrons. The number of benzene rings is 3. The van der Waals surface area contributed by atoms with Gasteiger partial charge in [0.15, 0.2) is 0 Å². The summed E-state index contributed by atoms with van der Waals surface area (Å²) >= 11 is 0. The van der Waals surface area contributed by atoms with Crippen LogP contribution in [0, 0.1) is 5.92 Å². The largest absolute Gasteiger partial charge is 0.508 e. The average Bonchev–Trinajstić information content (AvgIpc) is 2.83. The van der Waals surface area contributed by atoms with Gasteiger partial charge in [0.1, 0.15) is 11.5 Å². The molecule has 0 aromatic heterocycles. The minimum atomic E-state index is 0.0603. The number of phenols is 2. The molecule has 4 heteroatoms. The minimum absolute atomic E-state index is 0.0603. The van der Waals surface area contributed by atoms with Gasteiger partial charge in [0, 0.05) is 34.9 Å². The molecule has 0 aliphatic heterocycles. The van der Waals surface area contributed by atoms with Crippen molar-refractivity contribution >= 4 is 17.5 Å². The Morgan fingerprint density at radius 3 is 2.00 bits per heavy atom. The first kappa shape index (κ1) is 21.3. The van der Waals surface area contributed by atoms with Gasteiger partial charge in [-0.15, -0.1) is 0 Å². The van der Waals surface area contributed by atoms with Gasteiger partial charge in [-0.1, -0.05) is 85.0 Å². The molecular formula is C28H26N2O2. The van der Waals surface area contributed by atoms with E-state index in [0.29, 0.717) is 19.5 Å². The quantitative estimate of drug-likeness (QED) is 0.514. The maximum absolute atomic E-state index is 10.1. The van der Waals surface area contributed by atoms with E-state index in [2.05, 4.69) is 30.4 Å². The maximum Gasteiger partial charge on any atom is 0.120 e. The van der Waals surface area contributed by atoms with Gasteiger partial charge in [0.05, 0.1) is 13.1 Å². The fourth-order valence-corrected chi connectivity index (χ4v) is 3.57. The van der Waals surface area contributed by atoms with E-state index in [1.54, 1.807) is 18.2 Å². The summed E-state index contributed by atoms with van der Waals surface area (Å²) < 4.78 is 0. The van der Waals surface area contributed by atoms with E-state index in [1.165, 1.54) is 0 Å². The number of nitrogens with zero attached hydrogens (tertiary/aromatic N) is 2. The zero-order valence-corrected chi connectivity index (χ0v) is 17.8. The van der Waals surface area contributed by atoms with Crippen LogP contribution in [0.5, 0.6) is 11.5 Å². The Balaban J connectivity index is 1.57. The molecule has 0 spiro atoms. The number of phenolic OH excluding ortho intramolecular Hbond substituents is 2. The van der Waals surface area contributed by atoms with Gasteiger partial charge >= 0.3 is 0 Å². The summed E-state index contributed by atoms with van der Waals surface area (Å²) in [5.74, 6) is 0.576. The first-order valence-corrected chi connectivity index (χ1v) is 10.7. The third-order valence-corrected chi connectivity index (χ3v) is 5.43. The van der Waals surface area contributed by atoms with Gasteiger partial charge in [0.2, 0.25) is 0 Å². The number of hydrogen-bond donors (Lipinski definition) is 2. The fourth-order valence-electron chi connectivity index (χ4n) is 3.57.